The van der Waals surface area contributed by atoms with Crippen molar-refractivity contribution in [3.8, 4) is 0 Å². The topological polar surface area (TPSA) is 128 Å². The maximum absolute atomic E-state index is 12.9. The molecular weight excluding hydrogens is 408 g/mol. The van der Waals surface area contributed by atoms with Gasteiger partial charge in [0.05, 0.1) is 6.54 Å². The van der Waals surface area contributed by atoms with Crippen molar-refractivity contribution in [2.45, 2.75) is 72.4 Å². The van der Waals surface area contributed by atoms with Crippen molar-refractivity contribution in [2.75, 3.05) is 20.1 Å². The fourth-order valence-corrected chi connectivity index (χ4v) is 3.53. The Balaban J connectivity index is 4.87. The van der Waals surface area contributed by atoms with E-state index in [1.54, 1.807) is 27.8 Å². The number of amides is 3. The SMILES string of the molecule is CNCC(=O)NCCCCC(=O)N[C@@H](CC(C)C)C(=O)N(S)[C@H](C(=O)O)C(C)(C)C. The van der Waals surface area contributed by atoms with E-state index in [0.717, 1.165) is 4.31 Å². The quantitative estimate of drug-likeness (QED) is 0.214. The summed E-state index contributed by atoms with van der Waals surface area (Å²) < 4.78 is 0.924. The third kappa shape index (κ3) is 10.8. The lowest BCUT2D eigenvalue weighted by atomic mass is 9.86. The molecule has 0 spiro atoms. The van der Waals surface area contributed by atoms with E-state index >= 15 is 0 Å². The van der Waals surface area contributed by atoms with Crippen molar-refractivity contribution in [1.29, 1.82) is 0 Å². The number of rotatable bonds is 13. The first kappa shape index (κ1) is 28.2. The summed E-state index contributed by atoms with van der Waals surface area (Å²) in [6.45, 7) is 9.70. The van der Waals surface area contributed by atoms with Gasteiger partial charge in [-0.25, -0.2) is 4.79 Å². The van der Waals surface area contributed by atoms with Gasteiger partial charge in [0.2, 0.25) is 11.8 Å². The van der Waals surface area contributed by atoms with E-state index in [1.807, 2.05) is 13.8 Å². The Morgan fingerprint density at radius 2 is 1.67 bits per heavy atom. The van der Waals surface area contributed by atoms with Crippen LogP contribution in [0.25, 0.3) is 0 Å². The number of likely N-dealkylation sites (N-methyl/N-ethyl adjacent to an activating group) is 1. The number of carbonyl (C=O) groups excluding carboxylic acids is 3. The van der Waals surface area contributed by atoms with E-state index in [9.17, 15) is 24.3 Å². The highest BCUT2D eigenvalue weighted by Crippen LogP contribution is 2.27. The van der Waals surface area contributed by atoms with Gasteiger partial charge in [0, 0.05) is 13.0 Å². The van der Waals surface area contributed by atoms with Crippen molar-refractivity contribution in [1.82, 2.24) is 20.3 Å². The molecule has 30 heavy (non-hydrogen) atoms. The highest BCUT2D eigenvalue weighted by Gasteiger charge is 2.40. The smallest absolute Gasteiger partial charge is 0.327 e. The van der Waals surface area contributed by atoms with Gasteiger partial charge in [0.1, 0.15) is 12.1 Å². The number of nitrogens with one attached hydrogen (secondary N) is 3. The number of carboxylic acid groups (broad SMARTS) is 1. The lowest BCUT2D eigenvalue weighted by Crippen LogP contribution is -2.54. The molecule has 0 heterocycles. The summed E-state index contributed by atoms with van der Waals surface area (Å²) in [5, 5.41) is 17.8. The molecule has 0 aliphatic rings. The van der Waals surface area contributed by atoms with Crippen molar-refractivity contribution < 1.29 is 24.3 Å². The summed E-state index contributed by atoms with van der Waals surface area (Å²) in [6, 6.07) is -1.99. The molecule has 0 aliphatic heterocycles. The molecule has 0 aromatic rings. The van der Waals surface area contributed by atoms with Gasteiger partial charge in [-0.3, -0.25) is 18.7 Å². The second-order valence-corrected chi connectivity index (χ2v) is 9.31. The Labute approximate surface area is 185 Å². The van der Waals surface area contributed by atoms with E-state index < -0.39 is 29.4 Å². The summed E-state index contributed by atoms with van der Waals surface area (Å²) >= 11 is 4.18. The Kier molecular flexibility index (Phi) is 12.7. The minimum absolute atomic E-state index is 0.106. The van der Waals surface area contributed by atoms with Crippen LogP contribution in [-0.2, 0) is 19.2 Å². The van der Waals surface area contributed by atoms with E-state index in [1.165, 1.54) is 0 Å². The summed E-state index contributed by atoms with van der Waals surface area (Å²) in [6.07, 6.45) is 1.77. The maximum atomic E-state index is 12.9. The van der Waals surface area contributed by atoms with Crippen LogP contribution >= 0.6 is 12.8 Å². The summed E-state index contributed by atoms with van der Waals surface area (Å²) in [4.78, 5) is 48.3. The number of hydrogen-bond donors (Lipinski definition) is 5. The molecule has 0 aromatic carbocycles. The van der Waals surface area contributed by atoms with Crippen LogP contribution < -0.4 is 16.0 Å². The van der Waals surface area contributed by atoms with E-state index in [0.29, 0.717) is 25.8 Å². The van der Waals surface area contributed by atoms with Gasteiger partial charge in [-0.05, 0) is 37.6 Å². The van der Waals surface area contributed by atoms with Gasteiger partial charge in [-0.15, -0.1) is 0 Å². The summed E-state index contributed by atoms with van der Waals surface area (Å²) in [5.41, 5.74) is -0.729. The van der Waals surface area contributed by atoms with Gasteiger partial charge in [0.25, 0.3) is 5.91 Å². The molecule has 0 aliphatic carbocycles. The molecule has 174 valence electrons. The molecule has 0 unspecified atom stereocenters. The zero-order chi connectivity index (χ0) is 23.5. The number of aliphatic carboxylic acids is 1. The first-order valence-corrected chi connectivity index (χ1v) is 10.7. The Morgan fingerprint density at radius 1 is 1.07 bits per heavy atom. The molecule has 3 amide bonds. The van der Waals surface area contributed by atoms with Crippen LogP contribution in [0.5, 0.6) is 0 Å². The van der Waals surface area contributed by atoms with Gasteiger partial charge in [-0.2, -0.15) is 0 Å². The minimum atomic E-state index is -1.15. The van der Waals surface area contributed by atoms with Crippen LogP contribution in [0.3, 0.4) is 0 Å². The summed E-state index contributed by atoms with van der Waals surface area (Å²) in [5.74, 6) is -1.98. The molecule has 0 saturated heterocycles. The van der Waals surface area contributed by atoms with Crippen LogP contribution in [0.1, 0.15) is 60.3 Å². The zero-order valence-electron chi connectivity index (χ0n) is 18.9. The summed E-state index contributed by atoms with van der Waals surface area (Å²) in [7, 11) is 1.69. The fourth-order valence-electron chi connectivity index (χ4n) is 2.95. The van der Waals surface area contributed by atoms with Crippen molar-refractivity contribution in [3.05, 3.63) is 0 Å². The molecule has 0 bridgehead atoms. The van der Waals surface area contributed by atoms with E-state index in [4.69, 9.17) is 0 Å². The van der Waals surface area contributed by atoms with Crippen LogP contribution in [0, 0.1) is 11.3 Å². The highest BCUT2D eigenvalue weighted by atomic mass is 32.1. The largest absolute Gasteiger partial charge is 0.480 e. The number of unbranched alkanes of at least 4 members (excludes halogenated alkanes) is 1. The fraction of sp³-hybridized carbons (Fsp3) is 0.800. The van der Waals surface area contributed by atoms with Crippen LogP contribution in [0.15, 0.2) is 0 Å². The number of thiol groups is 1. The Bertz CT molecular complexity index is 592. The van der Waals surface area contributed by atoms with Gasteiger partial charge in [0.15, 0.2) is 0 Å². The second kappa shape index (κ2) is 13.5. The molecule has 0 aromatic heterocycles. The van der Waals surface area contributed by atoms with E-state index in [-0.39, 0.29) is 30.7 Å². The lowest BCUT2D eigenvalue weighted by Gasteiger charge is -2.35. The maximum Gasteiger partial charge on any atom is 0.327 e. The number of hydrogen-bond acceptors (Lipinski definition) is 6. The van der Waals surface area contributed by atoms with Crippen LogP contribution in [0.4, 0.5) is 0 Å². The standard InChI is InChI=1S/C20H38N4O5S/c1-13(2)11-14(18(27)24(30)17(19(28)29)20(3,4)5)23-15(25)9-7-8-10-22-16(26)12-21-6/h13-14,17,21,30H,7-12H2,1-6H3,(H,22,26)(H,23,25)(H,28,29)/t14-,17+/m0/s1. The molecule has 4 N–H and O–H groups in total. The first-order valence-electron chi connectivity index (χ1n) is 10.3. The number of nitrogens with zero attached hydrogens (tertiary/aromatic N) is 1. The van der Waals surface area contributed by atoms with Crippen molar-refractivity contribution >= 4 is 36.5 Å². The van der Waals surface area contributed by atoms with Crippen LogP contribution in [0.2, 0.25) is 0 Å². The molecule has 0 rings (SSSR count). The predicted octanol–water partition coefficient (Wildman–Crippen LogP) is 1.20. The average Bonchev–Trinajstić information content (AvgIpc) is 2.58. The molecule has 0 saturated carbocycles. The molecule has 10 heteroatoms. The van der Waals surface area contributed by atoms with Gasteiger partial charge < -0.3 is 21.1 Å². The Morgan fingerprint density at radius 3 is 2.13 bits per heavy atom. The number of carboxylic acids is 1. The third-order valence-electron chi connectivity index (χ3n) is 4.36. The van der Waals surface area contributed by atoms with Crippen molar-refractivity contribution in [2.24, 2.45) is 11.3 Å². The van der Waals surface area contributed by atoms with Crippen molar-refractivity contribution in [3.63, 3.8) is 0 Å². The Hall–Kier alpha value is -1.81. The van der Waals surface area contributed by atoms with Gasteiger partial charge in [-0.1, -0.05) is 47.4 Å². The zero-order valence-corrected chi connectivity index (χ0v) is 19.8. The molecular formula is C20H38N4O5S. The van der Waals surface area contributed by atoms with Crippen LogP contribution in [-0.4, -0.2) is 65.3 Å². The average molecular weight is 447 g/mol. The molecule has 2 atom stereocenters. The minimum Gasteiger partial charge on any atom is -0.480 e. The predicted molar refractivity (Wildman–Crippen MR) is 119 cm³/mol. The second-order valence-electron chi connectivity index (χ2n) is 8.88. The van der Waals surface area contributed by atoms with Gasteiger partial charge >= 0.3 is 5.97 Å². The normalized spacial score (nSPS) is 13.5. The highest BCUT2D eigenvalue weighted by molar-refractivity contribution is 7.78. The molecule has 0 radical (unpaired) electrons. The van der Waals surface area contributed by atoms with E-state index in [2.05, 4.69) is 28.8 Å². The monoisotopic (exact) mass is 446 g/mol. The molecule has 0 fully saturated rings. The number of carbonyl (C=O) groups is 4. The first-order chi connectivity index (χ1) is 13.8. The third-order valence-corrected chi connectivity index (χ3v) is 4.78. The molecule has 9 nitrogen and oxygen atoms in total. The lowest BCUT2D eigenvalue weighted by molar-refractivity contribution is -0.150.